The van der Waals surface area contributed by atoms with Gasteiger partial charge in [-0.25, -0.2) is 4.79 Å². The molecule has 4 N–H and O–H groups in total. The van der Waals surface area contributed by atoms with Crippen LogP contribution in [0.3, 0.4) is 0 Å². The van der Waals surface area contributed by atoms with E-state index in [0.717, 1.165) is 63.7 Å². The number of rotatable bonds is 15. The molecule has 0 saturated carbocycles. The van der Waals surface area contributed by atoms with Crippen LogP contribution in [0.5, 0.6) is 0 Å². The van der Waals surface area contributed by atoms with Crippen LogP contribution >= 0.6 is 11.8 Å². The lowest BCUT2D eigenvalue weighted by atomic mass is 10.0. The van der Waals surface area contributed by atoms with Gasteiger partial charge in [-0.2, -0.15) is 11.8 Å². The maximum Gasteiger partial charge on any atom is 0.315 e. The van der Waals surface area contributed by atoms with Gasteiger partial charge in [-0.3, -0.25) is 9.59 Å². The fraction of sp³-hybridized carbons (Fsp3) is 0.654. The Balaban J connectivity index is 1.11. The molecule has 188 valence electrons. The Kier molecular flexibility index (Phi) is 11.1. The van der Waals surface area contributed by atoms with Gasteiger partial charge in [0, 0.05) is 36.4 Å². The van der Waals surface area contributed by atoms with Gasteiger partial charge in [-0.15, -0.1) is 0 Å². The molecule has 3 rings (SSSR count). The second-order valence-corrected chi connectivity index (χ2v) is 10.8. The van der Waals surface area contributed by atoms with Gasteiger partial charge in [0.2, 0.25) is 11.8 Å². The SMILES string of the molecule is C[C@@H](Cc1ccccc1)C(=O)NCCCCCCNC(=O)CCCCC1SCC2NC(=O)NC21. The van der Waals surface area contributed by atoms with Crippen molar-refractivity contribution in [2.24, 2.45) is 5.92 Å². The second-order valence-electron chi connectivity index (χ2n) is 9.51. The molecular formula is C26H40N4O3S. The van der Waals surface area contributed by atoms with Crippen LogP contribution in [0.15, 0.2) is 30.3 Å². The minimum atomic E-state index is -0.0436. The van der Waals surface area contributed by atoms with Gasteiger partial charge in [0.05, 0.1) is 12.1 Å². The summed E-state index contributed by atoms with van der Waals surface area (Å²) in [7, 11) is 0. The van der Waals surface area contributed by atoms with Gasteiger partial charge in [0.25, 0.3) is 0 Å². The maximum atomic E-state index is 12.2. The summed E-state index contributed by atoms with van der Waals surface area (Å²) < 4.78 is 0. The summed E-state index contributed by atoms with van der Waals surface area (Å²) in [5.41, 5.74) is 1.19. The maximum absolute atomic E-state index is 12.2. The van der Waals surface area contributed by atoms with Gasteiger partial charge in [0.1, 0.15) is 0 Å². The molecule has 0 bridgehead atoms. The molecule has 0 aliphatic carbocycles. The molecule has 4 atom stereocenters. The molecule has 0 radical (unpaired) electrons. The molecule has 3 unspecified atom stereocenters. The lowest BCUT2D eigenvalue weighted by Crippen LogP contribution is -2.36. The quantitative estimate of drug-likeness (QED) is 0.225. The first kappa shape index (κ1) is 26.4. The molecule has 0 spiro atoms. The minimum Gasteiger partial charge on any atom is -0.356 e. The molecule has 4 amide bonds. The summed E-state index contributed by atoms with van der Waals surface area (Å²) in [5.74, 6) is 1.21. The molecule has 7 nitrogen and oxygen atoms in total. The monoisotopic (exact) mass is 488 g/mol. The fourth-order valence-electron chi connectivity index (χ4n) is 4.64. The molecule has 8 heteroatoms. The first-order valence-electron chi connectivity index (χ1n) is 12.8. The van der Waals surface area contributed by atoms with Crippen molar-refractivity contribution in [3.8, 4) is 0 Å². The average Bonchev–Trinajstić information content (AvgIpc) is 3.38. The van der Waals surface area contributed by atoms with Gasteiger partial charge in [0.15, 0.2) is 0 Å². The largest absolute Gasteiger partial charge is 0.356 e. The van der Waals surface area contributed by atoms with Crippen LogP contribution in [0.4, 0.5) is 4.79 Å². The summed E-state index contributed by atoms with van der Waals surface area (Å²) >= 11 is 1.92. The van der Waals surface area contributed by atoms with Crippen molar-refractivity contribution in [3.63, 3.8) is 0 Å². The molecule has 2 aliphatic rings. The van der Waals surface area contributed by atoms with E-state index in [4.69, 9.17) is 0 Å². The Hall–Kier alpha value is -2.22. The van der Waals surface area contributed by atoms with Gasteiger partial charge in [-0.05, 0) is 37.7 Å². The molecule has 1 aromatic carbocycles. The topological polar surface area (TPSA) is 99.3 Å². The Morgan fingerprint density at radius 1 is 1.00 bits per heavy atom. The number of hydrogen-bond acceptors (Lipinski definition) is 4. The summed E-state index contributed by atoms with van der Waals surface area (Å²) in [6.45, 7) is 3.41. The normalized spacial score (nSPS) is 21.9. The third kappa shape index (κ3) is 8.85. The van der Waals surface area contributed by atoms with Crippen LogP contribution in [0, 0.1) is 5.92 Å². The molecule has 2 aliphatic heterocycles. The van der Waals surface area contributed by atoms with Crippen molar-refractivity contribution in [1.29, 1.82) is 0 Å². The highest BCUT2D eigenvalue weighted by Gasteiger charge is 2.42. The number of fused-ring (bicyclic) bond motifs is 1. The number of thioether (sulfide) groups is 1. The third-order valence-corrected chi connectivity index (χ3v) is 8.15. The predicted molar refractivity (Wildman–Crippen MR) is 138 cm³/mol. The highest BCUT2D eigenvalue weighted by Crippen LogP contribution is 2.33. The predicted octanol–water partition coefficient (Wildman–Crippen LogP) is 3.38. The fourth-order valence-corrected chi connectivity index (χ4v) is 6.18. The number of benzene rings is 1. The zero-order chi connectivity index (χ0) is 24.2. The van der Waals surface area contributed by atoms with Crippen LogP contribution in [-0.4, -0.2) is 54.0 Å². The Labute approximate surface area is 208 Å². The van der Waals surface area contributed by atoms with E-state index < -0.39 is 0 Å². The molecule has 2 heterocycles. The van der Waals surface area contributed by atoms with Crippen LogP contribution in [-0.2, 0) is 16.0 Å². The molecule has 0 aromatic heterocycles. The van der Waals surface area contributed by atoms with Gasteiger partial charge in [-0.1, -0.05) is 56.5 Å². The summed E-state index contributed by atoms with van der Waals surface area (Å²) in [6.07, 6.45) is 8.33. The smallest absolute Gasteiger partial charge is 0.315 e. The molecule has 2 saturated heterocycles. The highest BCUT2D eigenvalue weighted by atomic mass is 32.2. The van der Waals surface area contributed by atoms with Crippen LogP contribution < -0.4 is 21.3 Å². The molecular weight excluding hydrogens is 448 g/mol. The number of nitrogens with one attached hydrogen (secondary N) is 4. The van der Waals surface area contributed by atoms with Gasteiger partial charge >= 0.3 is 6.03 Å². The van der Waals surface area contributed by atoms with Crippen molar-refractivity contribution in [2.75, 3.05) is 18.8 Å². The van der Waals surface area contributed by atoms with E-state index in [-0.39, 0.29) is 35.8 Å². The van der Waals surface area contributed by atoms with Crippen LogP contribution in [0.2, 0.25) is 0 Å². The summed E-state index contributed by atoms with van der Waals surface area (Å²) in [6, 6.07) is 10.6. The van der Waals surface area contributed by atoms with Gasteiger partial charge < -0.3 is 21.3 Å². The van der Waals surface area contributed by atoms with Crippen molar-refractivity contribution in [2.45, 2.75) is 82.0 Å². The van der Waals surface area contributed by atoms with Crippen molar-refractivity contribution in [1.82, 2.24) is 21.3 Å². The number of unbranched alkanes of at least 4 members (excludes halogenated alkanes) is 4. The molecule has 1 aromatic rings. The van der Waals surface area contributed by atoms with Crippen LogP contribution in [0.25, 0.3) is 0 Å². The van der Waals surface area contributed by atoms with E-state index in [0.29, 0.717) is 18.2 Å². The van der Waals surface area contributed by atoms with E-state index in [1.807, 2.05) is 36.9 Å². The minimum absolute atomic E-state index is 0.0213. The van der Waals surface area contributed by atoms with E-state index in [2.05, 4.69) is 33.4 Å². The first-order chi connectivity index (χ1) is 16.5. The number of carbonyl (C=O) groups excluding carboxylic acids is 3. The van der Waals surface area contributed by atoms with Crippen LogP contribution in [0.1, 0.15) is 63.9 Å². The number of carbonyl (C=O) groups is 3. The van der Waals surface area contributed by atoms with E-state index in [1.165, 1.54) is 5.56 Å². The number of amides is 4. The molecule has 34 heavy (non-hydrogen) atoms. The summed E-state index contributed by atoms with van der Waals surface area (Å²) in [4.78, 5) is 35.7. The summed E-state index contributed by atoms with van der Waals surface area (Å²) in [5, 5.41) is 12.5. The number of urea groups is 1. The third-order valence-electron chi connectivity index (χ3n) is 6.64. The van der Waals surface area contributed by atoms with Crippen molar-refractivity contribution in [3.05, 3.63) is 35.9 Å². The zero-order valence-electron chi connectivity index (χ0n) is 20.3. The standard InChI is InChI=1S/C26H40N4O3S/c1-19(17-20-11-5-4-6-12-20)25(32)28-16-10-3-2-9-15-27-23(31)14-8-7-13-22-24-21(18-34-22)29-26(33)30-24/h4-6,11-12,19,21-22,24H,2-3,7-10,13-18H2,1H3,(H,27,31)(H,28,32)(H2,29,30,33)/t19-,21?,22?,24?/m0/s1. The number of hydrogen-bond donors (Lipinski definition) is 4. The second kappa shape index (κ2) is 14.2. The van der Waals surface area contributed by atoms with Crippen molar-refractivity contribution < 1.29 is 14.4 Å². The Bertz CT molecular complexity index is 792. The molecule has 2 fully saturated rings. The van der Waals surface area contributed by atoms with E-state index >= 15 is 0 Å². The lowest BCUT2D eigenvalue weighted by molar-refractivity contribution is -0.124. The van der Waals surface area contributed by atoms with E-state index in [1.54, 1.807) is 0 Å². The first-order valence-corrected chi connectivity index (χ1v) is 13.8. The lowest BCUT2D eigenvalue weighted by Gasteiger charge is -2.16. The average molecular weight is 489 g/mol. The Morgan fingerprint density at radius 2 is 1.74 bits per heavy atom. The van der Waals surface area contributed by atoms with Crippen molar-refractivity contribution >= 4 is 29.6 Å². The zero-order valence-corrected chi connectivity index (χ0v) is 21.1. The van der Waals surface area contributed by atoms with E-state index in [9.17, 15) is 14.4 Å². The Morgan fingerprint density at radius 3 is 2.50 bits per heavy atom. The highest BCUT2D eigenvalue weighted by molar-refractivity contribution is 8.00.